The van der Waals surface area contributed by atoms with Gasteiger partial charge >= 0.3 is 0 Å². The molecule has 2 rings (SSSR count). The Morgan fingerprint density at radius 2 is 2.23 bits per heavy atom. The van der Waals surface area contributed by atoms with Crippen LogP contribution in [0, 0.1) is 5.82 Å². The summed E-state index contributed by atoms with van der Waals surface area (Å²) >= 11 is 0. The van der Waals surface area contributed by atoms with E-state index < -0.39 is 5.82 Å². The van der Waals surface area contributed by atoms with E-state index in [0.29, 0.717) is 5.52 Å². The van der Waals surface area contributed by atoms with Crippen molar-refractivity contribution in [1.82, 2.24) is 9.55 Å². The molecule has 0 aliphatic heterocycles. The Morgan fingerprint density at radius 1 is 1.46 bits per heavy atom. The van der Waals surface area contributed by atoms with Gasteiger partial charge in [0.05, 0.1) is 11.7 Å². The monoisotopic (exact) mass is 178 g/mol. The number of hydrogen-bond donors (Lipinski definition) is 0. The van der Waals surface area contributed by atoms with Gasteiger partial charge in [0.15, 0.2) is 5.82 Å². The summed E-state index contributed by atoms with van der Waals surface area (Å²) in [6.07, 6.45) is 1.12. The van der Waals surface area contributed by atoms with E-state index in [4.69, 9.17) is 0 Å². The van der Waals surface area contributed by atoms with Crippen molar-refractivity contribution < 1.29 is 4.39 Å². The van der Waals surface area contributed by atoms with E-state index in [9.17, 15) is 9.18 Å². The Bertz CT molecular complexity index is 518. The van der Waals surface area contributed by atoms with Crippen LogP contribution in [0.15, 0.2) is 29.2 Å². The molecule has 0 bridgehead atoms. The minimum Gasteiger partial charge on any atom is -0.308 e. The van der Waals surface area contributed by atoms with E-state index in [1.165, 1.54) is 10.6 Å². The molecule has 0 fully saturated rings. The second kappa shape index (κ2) is 2.65. The number of aryl methyl sites for hydroxylation is 1. The zero-order valence-electron chi connectivity index (χ0n) is 6.99. The van der Waals surface area contributed by atoms with E-state index in [1.54, 1.807) is 19.2 Å². The van der Waals surface area contributed by atoms with Crippen molar-refractivity contribution in [1.29, 1.82) is 0 Å². The fourth-order valence-electron chi connectivity index (χ4n) is 1.23. The lowest BCUT2D eigenvalue weighted by atomic mass is 10.3. The van der Waals surface area contributed by atoms with Gasteiger partial charge in [-0.05, 0) is 12.1 Å². The largest absolute Gasteiger partial charge is 0.308 e. The summed E-state index contributed by atoms with van der Waals surface area (Å²) in [5.41, 5.74) is 0.496. The topological polar surface area (TPSA) is 34.9 Å². The summed E-state index contributed by atoms with van der Waals surface area (Å²) < 4.78 is 14.5. The quantitative estimate of drug-likeness (QED) is 0.604. The first kappa shape index (κ1) is 7.91. The van der Waals surface area contributed by atoms with Crippen LogP contribution in [-0.4, -0.2) is 9.55 Å². The molecule has 4 heteroatoms. The lowest BCUT2D eigenvalue weighted by Crippen LogP contribution is -2.16. The first-order valence-electron chi connectivity index (χ1n) is 3.80. The summed E-state index contributed by atoms with van der Waals surface area (Å²) in [6, 6.07) is 4.53. The molecule has 0 aliphatic carbocycles. The van der Waals surface area contributed by atoms with E-state index >= 15 is 0 Å². The molecule has 3 nitrogen and oxygen atoms in total. The maximum absolute atomic E-state index is 13.1. The van der Waals surface area contributed by atoms with Crippen LogP contribution in [0.25, 0.3) is 11.0 Å². The van der Waals surface area contributed by atoms with Crippen molar-refractivity contribution in [3.8, 4) is 0 Å². The number of fused-ring (bicyclic) bond motifs is 1. The standard InChI is InChI=1S/C9H7FN2O/c1-12-7-4-2-3-6(10)9(7)11-5-8(12)13/h2-5H,1H3. The summed E-state index contributed by atoms with van der Waals surface area (Å²) in [5.74, 6) is -0.409. The van der Waals surface area contributed by atoms with Gasteiger partial charge in [-0.15, -0.1) is 0 Å². The van der Waals surface area contributed by atoms with E-state index in [1.807, 2.05) is 0 Å². The average molecular weight is 178 g/mol. The summed E-state index contributed by atoms with van der Waals surface area (Å²) in [4.78, 5) is 14.9. The van der Waals surface area contributed by atoms with Crippen LogP contribution in [0.2, 0.25) is 0 Å². The fourth-order valence-corrected chi connectivity index (χ4v) is 1.23. The van der Waals surface area contributed by atoms with Crippen LogP contribution in [0.3, 0.4) is 0 Å². The molecule has 1 aromatic carbocycles. The molecule has 0 atom stereocenters. The number of hydrogen-bond acceptors (Lipinski definition) is 2. The van der Waals surface area contributed by atoms with Crippen LogP contribution in [0.4, 0.5) is 4.39 Å². The van der Waals surface area contributed by atoms with Crippen molar-refractivity contribution in [3.05, 3.63) is 40.6 Å². The molecule has 1 aromatic heterocycles. The highest BCUT2D eigenvalue weighted by Gasteiger charge is 2.03. The van der Waals surface area contributed by atoms with Crippen molar-refractivity contribution in [2.45, 2.75) is 0 Å². The highest BCUT2D eigenvalue weighted by atomic mass is 19.1. The first-order chi connectivity index (χ1) is 6.20. The highest BCUT2D eigenvalue weighted by Crippen LogP contribution is 2.11. The van der Waals surface area contributed by atoms with Crippen LogP contribution in [0.1, 0.15) is 0 Å². The second-order valence-electron chi connectivity index (χ2n) is 2.76. The summed E-state index contributed by atoms with van der Waals surface area (Å²) in [5, 5.41) is 0. The van der Waals surface area contributed by atoms with Crippen LogP contribution < -0.4 is 5.56 Å². The molecule has 66 valence electrons. The molecule has 2 aromatic rings. The van der Waals surface area contributed by atoms with Gasteiger partial charge in [0, 0.05) is 7.05 Å². The minimum absolute atomic E-state index is 0.226. The van der Waals surface area contributed by atoms with Crippen LogP contribution >= 0.6 is 0 Å². The molecule has 0 unspecified atom stereocenters. The normalized spacial score (nSPS) is 10.6. The molecular weight excluding hydrogens is 171 g/mol. The molecule has 0 N–H and O–H groups in total. The van der Waals surface area contributed by atoms with E-state index in [2.05, 4.69) is 4.98 Å². The first-order valence-corrected chi connectivity index (χ1v) is 3.80. The maximum atomic E-state index is 13.1. The predicted molar refractivity (Wildman–Crippen MR) is 46.9 cm³/mol. The number of rotatable bonds is 0. The zero-order valence-corrected chi connectivity index (χ0v) is 6.99. The third-order valence-corrected chi connectivity index (χ3v) is 1.96. The van der Waals surface area contributed by atoms with Gasteiger partial charge in [-0.25, -0.2) is 9.37 Å². The molecule has 0 radical (unpaired) electrons. The number of halogens is 1. The molecule has 0 amide bonds. The van der Waals surface area contributed by atoms with Crippen LogP contribution in [-0.2, 0) is 7.05 Å². The van der Waals surface area contributed by atoms with Gasteiger partial charge in [-0.3, -0.25) is 4.79 Å². The van der Waals surface area contributed by atoms with Gasteiger partial charge in [0.25, 0.3) is 5.56 Å². The van der Waals surface area contributed by atoms with E-state index in [0.717, 1.165) is 6.20 Å². The Morgan fingerprint density at radius 3 is 3.00 bits per heavy atom. The molecule has 0 aliphatic rings. The molecule has 0 spiro atoms. The van der Waals surface area contributed by atoms with Crippen LogP contribution in [0.5, 0.6) is 0 Å². The van der Waals surface area contributed by atoms with E-state index in [-0.39, 0.29) is 11.1 Å². The molecule has 13 heavy (non-hydrogen) atoms. The molecular formula is C9H7FN2O. The SMILES string of the molecule is Cn1c(=O)cnc2c(F)cccc21. The second-order valence-corrected chi connectivity index (χ2v) is 2.76. The molecule has 0 saturated heterocycles. The van der Waals surface area contributed by atoms with Crippen molar-refractivity contribution in [3.63, 3.8) is 0 Å². The van der Waals surface area contributed by atoms with Crippen molar-refractivity contribution in [2.24, 2.45) is 7.05 Å². The lowest BCUT2D eigenvalue weighted by molar-refractivity contribution is 0.635. The van der Waals surface area contributed by atoms with Crippen molar-refractivity contribution in [2.75, 3.05) is 0 Å². The van der Waals surface area contributed by atoms with Gasteiger partial charge in [0.2, 0.25) is 0 Å². The Labute approximate surface area is 73.5 Å². The third kappa shape index (κ3) is 1.11. The Kier molecular flexibility index (Phi) is 1.62. The van der Waals surface area contributed by atoms with Gasteiger partial charge in [-0.2, -0.15) is 0 Å². The van der Waals surface area contributed by atoms with Gasteiger partial charge in [-0.1, -0.05) is 6.07 Å². The Hall–Kier alpha value is -1.71. The average Bonchev–Trinajstić information content (AvgIpc) is 2.12. The Balaban J connectivity index is 3.03. The predicted octanol–water partition coefficient (Wildman–Crippen LogP) is 1.07. The smallest absolute Gasteiger partial charge is 0.269 e. The highest BCUT2D eigenvalue weighted by molar-refractivity contribution is 5.74. The minimum atomic E-state index is -0.409. The zero-order chi connectivity index (χ0) is 9.42. The summed E-state index contributed by atoms with van der Waals surface area (Å²) in [7, 11) is 1.59. The number of para-hydroxylation sites is 1. The van der Waals surface area contributed by atoms with Gasteiger partial charge < -0.3 is 4.57 Å². The molecule has 1 heterocycles. The van der Waals surface area contributed by atoms with Crippen molar-refractivity contribution >= 4 is 11.0 Å². The van der Waals surface area contributed by atoms with Gasteiger partial charge in [0.1, 0.15) is 5.52 Å². The third-order valence-electron chi connectivity index (χ3n) is 1.96. The summed E-state index contributed by atoms with van der Waals surface area (Å²) in [6.45, 7) is 0. The molecule has 0 saturated carbocycles. The number of nitrogens with zero attached hydrogens (tertiary/aromatic N) is 2. The fraction of sp³-hybridized carbons (Fsp3) is 0.111. The number of benzene rings is 1. The lowest BCUT2D eigenvalue weighted by Gasteiger charge is -2.02. The number of aromatic nitrogens is 2. The maximum Gasteiger partial charge on any atom is 0.269 e.